The number of Topliss-reactive ketones (excluding diaryl/α,β-unsaturated/α-hetero) is 1. The van der Waals surface area contributed by atoms with E-state index >= 15 is 0 Å². The van der Waals surface area contributed by atoms with E-state index < -0.39 is 11.7 Å². The maximum absolute atomic E-state index is 12.2. The number of aromatic amines is 1. The molecule has 4 nitrogen and oxygen atoms in total. The molecule has 0 aliphatic rings. The Labute approximate surface area is 142 Å². The summed E-state index contributed by atoms with van der Waals surface area (Å²) >= 11 is 0. The maximum Gasteiger partial charge on any atom is 0.296 e. The van der Waals surface area contributed by atoms with Crippen LogP contribution in [-0.2, 0) is 4.79 Å². The first-order valence-corrected chi connectivity index (χ1v) is 8.22. The molecule has 1 heterocycles. The van der Waals surface area contributed by atoms with Crippen molar-refractivity contribution >= 4 is 28.3 Å². The van der Waals surface area contributed by atoms with Crippen LogP contribution >= 0.6 is 0 Å². The molecule has 0 unspecified atom stereocenters. The number of hydrogen-bond donors (Lipinski definition) is 2. The highest BCUT2D eigenvalue weighted by Gasteiger charge is 2.19. The number of para-hydroxylation sites is 2. The summed E-state index contributed by atoms with van der Waals surface area (Å²) in [6.45, 7) is 8.00. The summed E-state index contributed by atoms with van der Waals surface area (Å²) in [5, 5.41) is 3.34. The zero-order chi connectivity index (χ0) is 17.9. The van der Waals surface area contributed by atoms with Gasteiger partial charge in [0.05, 0.1) is 5.56 Å². The Morgan fingerprint density at radius 2 is 1.42 bits per heavy atom. The van der Waals surface area contributed by atoms with Crippen LogP contribution < -0.4 is 5.32 Å². The van der Waals surface area contributed by atoms with Gasteiger partial charge in [-0.3, -0.25) is 9.59 Å². The molecule has 3 rings (SSSR count). The lowest BCUT2D eigenvalue weighted by Crippen LogP contribution is -2.22. The van der Waals surface area contributed by atoms with Gasteiger partial charge in [-0.15, -0.1) is 0 Å². The highest BCUT2D eigenvalue weighted by Crippen LogP contribution is 2.18. The van der Waals surface area contributed by atoms with Crippen molar-refractivity contribution in [2.75, 3.05) is 5.32 Å². The molecule has 3 aromatic rings. The van der Waals surface area contributed by atoms with Crippen molar-refractivity contribution in [3.8, 4) is 0 Å². The average Bonchev–Trinajstić information content (AvgIpc) is 3.09. The van der Waals surface area contributed by atoms with Crippen LogP contribution in [0.25, 0.3) is 10.9 Å². The lowest BCUT2D eigenvalue weighted by atomic mass is 10.1. The number of carbonyl (C=O) groups excluding carboxylic acids is 2. The second-order valence-electron chi connectivity index (χ2n) is 4.40. The van der Waals surface area contributed by atoms with Crippen LogP contribution in [0.15, 0.2) is 60.8 Å². The van der Waals surface area contributed by atoms with Gasteiger partial charge in [0.1, 0.15) is 0 Å². The van der Waals surface area contributed by atoms with Crippen molar-refractivity contribution in [1.29, 1.82) is 0 Å². The van der Waals surface area contributed by atoms with E-state index in [0.29, 0.717) is 11.3 Å². The summed E-state index contributed by atoms with van der Waals surface area (Å²) in [6.07, 6.45) is 1.57. The number of amides is 1. The van der Waals surface area contributed by atoms with Gasteiger partial charge in [-0.05, 0) is 18.2 Å². The molecule has 1 aromatic heterocycles. The molecule has 24 heavy (non-hydrogen) atoms. The van der Waals surface area contributed by atoms with E-state index in [-0.39, 0.29) is 0 Å². The Bertz CT molecular complexity index is 776. The molecule has 1 amide bonds. The number of aromatic nitrogens is 1. The van der Waals surface area contributed by atoms with E-state index in [0.717, 1.165) is 10.9 Å². The summed E-state index contributed by atoms with van der Waals surface area (Å²) in [7, 11) is 0. The molecule has 2 N–H and O–H groups in total. The lowest BCUT2D eigenvalue weighted by Gasteiger charge is -2.03. The predicted molar refractivity (Wildman–Crippen MR) is 100 cm³/mol. The maximum atomic E-state index is 12.2. The van der Waals surface area contributed by atoms with E-state index in [1.807, 2.05) is 58.0 Å². The smallest absolute Gasteiger partial charge is 0.296 e. The van der Waals surface area contributed by atoms with Gasteiger partial charge in [0.2, 0.25) is 0 Å². The van der Waals surface area contributed by atoms with Gasteiger partial charge in [-0.2, -0.15) is 0 Å². The summed E-state index contributed by atoms with van der Waals surface area (Å²) in [4.78, 5) is 27.2. The first-order chi connectivity index (χ1) is 11.8. The molecule has 126 valence electrons. The van der Waals surface area contributed by atoms with Gasteiger partial charge < -0.3 is 10.3 Å². The third-order valence-electron chi connectivity index (χ3n) is 3.07. The molecule has 4 heteroatoms. The fourth-order valence-corrected chi connectivity index (χ4v) is 2.09. The Kier molecular flexibility index (Phi) is 7.99. The molecule has 0 saturated carbocycles. The number of rotatable bonds is 3. The summed E-state index contributed by atoms with van der Waals surface area (Å²) in [5.41, 5.74) is 1.82. The van der Waals surface area contributed by atoms with Crippen LogP contribution in [0, 0.1) is 0 Å². The van der Waals surface area contributed by atoms with Gasteiger partial charge in [-0.25, -0.2) is 0 Å². The predicted octanol–water partition coefficient (Wildman–Crippen LogP) is 5.04. The van der Waals surface area contributed by atoms with Crippen LogP contribution in [0.1, 0.15) is 38.1 Å². The van der Waals surface area contributed by atoms with E-state index in [1.54, 1.807) is 30.5 Å². The minimum Gasteiger partial charge on any atom is -0.360 e. The Morgan fingerprint density at radius 3 is 2.08 bits per heavy atom. The van der Waals surface area contributed by atoms with E-state index in [2.05, 4.69) is 10.3 Å². The highest BCUT2D eigenvalue weighted by atomic mass is 16.2. The van der Waals surface area contributed by atoms with Crippen molar-refractivity contribution in [3.05, 3.63) is 66.4 Å². The van der Waals surface area contributed by atoms with Crippen molar-refractivity contribution in [3.63, 3.8) is 0 Å². The topological polar surface area (TPSA) is 62.0 Å². The number of carbonyl (C=O) groups is 2. The zero-order valence-electron chi connectivity index (χ0n) is 14.6. The number of fused-ring (bicyclic) bond motifs is 1. The van der Waals surface area contributed by atoms with E-state index in [4.69, 9.17) is 0 Å². The first kappa shape index (κ1) is 19.2. The van der Waals surface area contributed by atoms with E-state index in [9.17, 15) is 9.59 Å². The molecule has 2 aromatic carbocycles. The standard InChI is InChI=1S/C16H12N2O2.2C2H6/c19-15(16(20)18-11-6-2-1-3-7-11)13-10-17-14-9-5-4-8-12(13)14;2*1-2/h1-10,17H,(H,18,20);2*1-2H3. The van der Waals surface area contributed by atoms with Crippen LogP contribution in [0.5, 0.6) is 0 Å². The molecule has 0 aliphatic carbocycles. The van der Waals surface area contributed by atoms with E-state index in [1.165, 1.54) is 0 Å². The monoisotopic (exact) mass is 324 g/mol. The molecule has 0 bridgehead atoms. The molecule has 0 atom stereocenters. The fraction of sp³-hybridized carbons (Fsp3) is 0.200. The van der Waals surface area contributed by atoms with Crippen molar-refractivity contribution in [2.24, 2.45) is 0 Å². The zero-order valence-corrected chi connectivity index (χ0v) is 14.6. The second-order valence-corrected chi connectivity index (χ2v) is 4.40. The minimum atomic E-state index is -0.638. The van der Waals surface area contributed by atoms with Crippen molar-refractivity contribution in [2.45, 2.75) is 27.7 Å². The first-order valence-electron chi connectivity index (χ1n) is 8.22. The molecule has 0 saturated heterocycles. The van der Waals surface area contributed by atoms with Gasteiger partial charge in [0, 0.05) is 22.8 Å². The van der Waals surface area contributed by atoms with Crippen LogP contribution in [0.2, 0.25) is 0 Å². The van der Waals surface area contributed by atoms with Gasteiger partial charge in [-0.1, -0.05) is 64.1 Å². The number of nitrogens with one attached hydrogen (secondary N) is 2. The molecule has 0 radical (unpaired) electrons. The summed E-state index contributed by atoms with van der Waals surface area (Å²) in [5.74, 6) is -1.19. The third kappa shape index (κ3) is 4.56. The number of hydrogen-bond acceptors (Lipinski definition) is 2. The molecular formula is C20H24N2O2. The van der Waals surface area contributed by atoms with Gasteiger partial charge in [0.25, 0.3) is 11.7 Å². The Morgan fingerprint density at radius 1 is 0.833 bits per heavy atom. The number of benzene rings is 2. The normalized spacial score (nSPS) is 9.17. The van der Waals surface area contributed by atoms with Gasteiger partial charge >= 0.3 is 0 Å². The van der Waals surface area contributed by atoms with Crippen molar-refractivity contribution in [1.82, 2.24) is 4.98 Å². The molecule has 0 aliphatic heterocycles. The Balaban J connectivity index is 0.000000671. The second kappa shape index (κ2) is 10.0. The van der Waals surface area contributed by atoms with Crippen LogP contribution in [0.4, 0.5) is 5.69 Å². The summed E-state index contributed by atoms with van der Waals surface area (Å²) in [6, 6.07) is 16.3. The largest absolute Gasteiger partial charge is 0.360 e. The third-order valence-corrected chi connectivity index (χ3v) is 3.07. The van der Waals surface area contributed by atoms with Gasteiger partial charge in [0.15, 0.2) is 0 Å². The van der Waals surface area contributed by atoms with Crippen molar-refractivity contribution < 1.29 is 9.59 Å². The SMILES string of the molecule is CC.CC.O=C(Nc1ccccc1)C(=O)c1c[nH]c2ccccc12. The minimum absolute atomic E-state index is 0.383. The van der Waals surface area contributed by atoms with Crippen LogP contribution in [-0.4, -0.2) is 16.7 Å². The highest BCUT2D eigenvalue weighted by molar-refractivity contribution is 6.48. The number of anilines is 1. The Hall–Kier alpha value is -2.88. The molecule has 0 fully saturated rings. The number of ketones is 1. The fourth-order valence-electron chi connectivity index (χ4n) is 2.09. The number of H-pyrrole nitrogens is 1. The molecular weight excluding hydrogens is 300 g/mol. The lowest BCUT2D eigenvalue weighted by molar-refractivity contribution is -0.112. The average molecular weight is 324 g/mol. The molecule has 0 spiro atoms. The van der Waals surface area contributed by atoms with Crippen LogP contribution in [0.3, 0.4) is 0 Å². The summed E-state index contributed by atoms with van der Waals surface area (Å²) < 4.78 is 0. The quantitative estimate of drug-likeness (QED) is 0.523.